The molecule has 0 amide bonds. The van der Waals surface area contributed by atoms with Crippen LogP contribution in [0, 0.1) is 5.41 Å². The summed E-state index contributed by atoms with van der Waals surface area (Å²) in [7, 11) is 0. The van der Waals surface area contributed by atoms with Crippen molar-refractivity contribution in [2.75, 3.05) is 0 Å². The van der Waals surface area contributed by atoms with Crippen molar-refractivity contribution >= 4 is 0 Å². The highest BCUT2D eigenvalue weighted by Gasteiger charge is 2.41. The second-order valence-electron chi connectivity index (χ2n) is 6.24. The first-order valence-electron chi connectivity index (χ1n) is 6.69. The molecule has 0 radical (unpaired) electrons. The molecule has 2 nitrogen and oxygen atoms in total. The highest BCUT2D eigenvalue weighted by atomic mass is 19.4. The monoisotopic (exact) mass is 288 g/mol. The fraction of sp³-hybridized carbons (Fsp3) is 0.600. The highest BCUT2D eigenvalue weighted by Crippen LogP contribution is 2.47. The summed E-state index contributed by atoms with van der Waals surface area (Å²) < 4.78 is 41.3. The van der Waals surface area contributed by atoms with Crippen LogP contribution in [-0.4, -0.2) is 11.5 Å². The minimum atomic E-state index is -4.75. The fourth-order valence-corrected chi connectivity index (χ4v) is 2.67. The van der Waals surface area contributed by atoms with Gasteiger partial charge >= 0.3 is 6.36 Å². The summed E-state index contributed by atoms with van der Waals surface area (Å²) in [6.45, 7) is 4.20. The van der Waals surface area contributed by atoms with Gasteiger partial charge in [-0.15, -0.1) is 13.2 Å². The Morgan fingerprint density at radius 1 is 1.05 bits per heavy atom. The fourth-order valence-electron chi connectivity index (χ4n) is 2.67. The Hall–Kier alpha value is -1.23. The van der Waals surface area contributed by atoms with Crippen LogP contribution >= 0.6 is 0 Å². The number of halogens is 3. The molecule has 0 heterocycles. The smallest absolute Gasteiger partial charge is 0.405 e. The summed E-state index contributed by atoms with van der Waals surface area (Å²) in [4.78, 5) is 0. The zero-order chi connectivity index (χ0) is 15.0. The lowest BCUT2D eigenvalue weighted by Gasteiger charge is -2.41. The van der Waals surface area contributed by atoms with E-state index in [4.69, 9.17) is 0 Å². The van der Waals surface area contributed by atoms with Gasteiger partial charge in [-0.1, -0.05) is 32.0 Å². The summed E-state index contributed by atoms with van der Waals surface area (Å²) in [5.41, 5.74) is -0.892. The summed E-state index contributed by atoms with van der Waals surface area (Å²) in [6.07, 6.45) is -2.33. The quantitative estimate of drug-likeness (QED) is 0.875. The van der Waals surface area contributed by atoms with E-state index in [1.807, 2.05) is 0 Å². The predicted octanol–water partition coefficient (Wildman–Crippen LogP) is 4.37. The lowest BCUT2D eigenvalue weighted by Crippen LogP contribution is -2.35. The average Bonchev–Trinajstić information content (AvgIpc) is 2.32. The molecule has 1 aliphatic rings. The van der Waals surface area contributed by atoms with Crippen LogP contribution in [0.1, 0.15) is 45.1 Å². The molecule has 1 aliphatic carbocycles. The van der Waals surface area contributed by atoms with Gasteiger partial charge in [-0.3, -0.25) is 0 Å². The van der Waals surface area contributed by atoms with Crippen LogP contribution in [-0.2, 0) is 5.60 Å². The molecule has 1 N–H and O–H groups in total. The van der Waals surface area contributed by atoms with Gasteiger partial charge in [0.1, 0.15) is 5.75 Å². The number of benzene rings is 1. The Morgan fingerprint density at radius 2 is 1.60 bits per heavy atom. The van der Waals surface area contributed by atoms with Crippen LogP contribution in [0.2, 0.25) is 0 Å². The van der Waals surface area contributed by atoms with Crippen molar-refractivity contribution in [2.45, 2.75) is 51.5 Å². The van der Waals surface area contributed by atoms with Gasteiger partial charge in [-0.05, 0) is 37.2 Å². The maximum atomic E-state index is 12.4. The van der Waals surface area contributed by atoms with E-state index in [2.05, 4.69) is 18.6 Å². The number of aliphatic hydroxyl groups is 1. The molecule has 0 aliphatic heterocycles. The van der Waals surface area contributed by atoms with Crippen molar-refractivity contribution in [2.24, 2.45) is 5.41 Å². The molecule has 0 atom stereocenters. The number of rotatable bonds is 2. The normalized spacial score (nSPS) is 21.5. The number of alkyl halides is 3. The molecule has 0 saturated heterocycles. The van der Waals surface area contributed by atoms with E-state index < -0.39 is 12.0 Å². The molecule has 5 heteroatoms. The number of hydrogen-bond donors (Lipinski definition) is 1. The summed E-state index contributed by atoms with van der Waals surface area (Å²) >= 11 is 0. The van der Waals surface area contributed by atoms with Crippen LogP contribution in [0.15, 0.2) is 24.3 Å². The van der Waals surface area contributed by atoms with Crippen LogP contribution in [0.5, 0.6) is 5.75 Å². The van der Waals surface area contributed by atoms with Crippen LogP contribution in [0.25, 0.3) is 0 Å². The molecule has 1 fully saturated rings. The topological polar surface area (TPSA) is 29.5 Å². The van der Waals surface area contributed by atoms with Crippen LogP contribution in [0.4, 0.5) is 13.2 Å². The molecule has 0 unspecified atom stereocenters. The lowest BCUT2D eigenvalue weighted by molar-refractivity contribution is -0.275. The minimum Gasteiger partial charge on any atom is -0.405 e. The Morgan fingerprint density at radius 3 is 2.15 bits per heavy atom. The third kappa shape index (κ3) is 3.45. The molecular weight excluding hydrogens is 269 g/mol. The molecular formula is C15H19F3O2. The summed E-state index contributed by atoms with van der Waals surface area (Å²) in [5.74, 6) is -0.304. The molecule has 0 bridgehead atoms. The molecule has 112 valence electrons. The Balaban J connectivity index is 2.28. The standard InChI is InChI=1S/C15H19F3O2/c1-13(2)7-9-14(19,10-8-13)11-5-3-4-6-12(11)20-15(16,17)18/h3-6,19H,7-10H2,1-2H3. The second kappa shape index (κ2) is 4.95. The van der Waals surface area contributed by atoms with Crippen molar-refractivity contribution in [1.82, 2.24) is 0 Å². The Bertz CT molecular complexity index is 470. The SMILES string of the molecule is CC1(C)CCC(O)(c2ccccc2OC(F)(F)F)CC1. The Kier molecular flexibility index (Phi) is 3.75. The van der Waals surface area contributed by atoms with Gasteiger partial charge in [0.15, 0.2) is 0 Å². The third-order valence-electron chi connectivity index (χ3n) is 4.04. The zero-order valence-corrected chi connectivity index (χ0v) is 11.6. The van der Waals surface area contributed by atoms with Gasteiger partial charge in [0.2, 0.25) is 0 Å². The maximum Gasteiger partial charge on any atom is 0.573 e. The van der Waals surface area contributed by atoms with Gasteiger partial charge in [-0.25, -0.2) is 0 Å². The van der Waals surface area contributed by atoms with Gasteiger partial charge < -0.3 is 9.84 Å². The maximum absolute atomic E-state index is 12.4. The van der Waals surface area contributed by atoms with Gasteiger partial charge in [0.25, 0.3) is 0 Å². The van der Waals surface area contributed by atoms with E-state index in [0.29, 0.717) is 12.8 Å². The first kappa shape index (κ1) is 15.2. The first-order chi connectivity index (χ1) is 9.11. The summed E-state index contributed by atoms with van der Waals surface area (Å²) in [6, 6.07) is 5.86. The van der Waals surface area contributed by atoms with Crippen molar-refractivity contribution in [1.29, 1.82) is 0 Å². The van der Waals surface area contributed by atoms with Gasteiger partial charge in [-0.2, -0.15) is 0 Å². The zero-order valence-electron chi connectivity index (χ0n) is 11.6. The van der Waals surface area contributed by atoms with E-state index in [0.717, 1.165) is 12.8 Å². The minimum absolute atomic E-state index is 0.117. The second-order valence-corrected chi connectivity index (χ2v) is 6.24. The van der Waals surface area contributed by atoms with Crippen LogP contribution < -0.4 is 4.74 Å². The molecule has 1 saturated carbocycles. The lowest BCUT2D eigenvalue weighted by atomic mass is 9.68. The van der Waals surface area contributed by atoms with E-state index in [-0.39, 0.29) is 16.7 Å². The van der Waals surface area contributed by atoms with Crippen molar-refractivity contribution in [3.05, 3.63) is 29.8 Å². The van der Waals surface area contributed by atoms with Crippen molar-refractivity contribution in [3.8, 4) is 5.75 Å². The molecule has 1 aromatic carbocycles. The van der Waals surface area contributed by atoms with Crippen LogP contribution in [0.3, 0.4) is 0 Å². The van der Waals surface area contributed by atoms with E-state index >= 15 is 0 Å². The summed E-state index contributed by atoms with van der Waals surface area (Å²) in [5, 5.41) is 10.7. The largest absolute Gasteiger partial charge is 0.573 e. The predicted molar refractivity (Wildman–Crippen MR) is 69.3 cm³/mol. The van der Waals surface area contributed by atoms with Crippen molar-refractivity contribution < 1.29 is 23.0 Å². The average molecular weight is 288 g/mol. The van der Waals surface area contributed by atoms with E-state index in [9.17, 15) is 18.3 Å². The molecule has 1 aromatic rings. The highest BCUT2D eigenvalue weighted by molar-refractivity contribution is 5.38. The molecule has 0 spiro atoms. The number of para-hydroxylation sites is 1. The first-order valence-corrected chi connectivity index (χ1v) is 6.69. The molecule has 2 rings (SSSR count). The number of hydrogen-bond acceptors (Lipinski definition) is 2. The van der Waals surface area contributed by atoms with E-state index in [1.165, 1.54) is 18.2 Å². The van der Waals surface area contributed by atoms with Gasteiger partial charge in [0.05, 0.1) is 5.60 Å². The molecule has 0 aromatic heterocycles. The third-order valence-corrected chi connectivity index (χ3v) is 4.04. The van der Waals surface area contributed by atoms with Crippen molar-refractivity contribution in [3.63, 3.8) is 0 Å². The van der Waals surface area contributed by atoms with Gasteiger partial charge in [0, 0.05) is 5.56 Å². The Labute approximate surface area is 116 Å². The number of ether oxygens (including phenoxy) is 1. The molecule has 20 heavy (non-hydrogen) atoms. The van der Waals surface area contributed by atoms with E-state index in [1.54, 1.807) is 6.07 Å².